The number of methoxy groups -OCH3 is 1. The molecular weight excluding hydrogens is 247 g/mol. The average Bonchev–Trinajstić information content (AvgIpc) is 2.29. The third-order valence-corrected chi connectivity index (χ3v) is 3.56. The van der Waals surface area contributed by atoms with E-state index in [-0.39, 0.29) is 16.2 Å². The second kappa shape index (κ2) is 6.46. The minimum absolute atomic E-state index is 0.0681. The lowest BCUT2D eigenvalue weighted by molar-refractivity contribution is 0.0696. The van der Waals surface area contributed by atoms with Crippen LogP contribution in [0.4, 0.5) is 4.39 Å². The number of ether oxygens (including phenoxy) is 1. The highest BCUT2D eigenvalue weighted by Crippen LogP contribution is 2.15. The second-order valence-corrected chi connectivity index (χ2v) is 4.89. The van der Waals surface area contributed by atoms with Crippen LogP contribution in [0.15, 0.2) is 23.1 Å². The minimum Gasteiger partial charge on any atom is -0.478 e. The van der Waals surface area contributed by atoms with Crippen molar-refractivity contribution in [2.24, 2.45) is 0 Å². The molecule has 1 unspecified atom stereocenters. The van der Waals surface area contributed by atoms with E-state index < -0.39 is 22.6 Å². The summed E-state index contributed by atoms with van der Waals surface area (Å²) in [6.07, 6.45) is 0.528. The third kappa shape index (κ3) is 3.90. The number of rotatable bonds is 6. The van der Waals surface area contributed by atoms with Crippen LogP contribution in [0.2, 0.25) is 0 Å². The maximum atomic E-state index is 13.4. The fourth-order valence-corrected chi connectivity index (χ4v) is 2.40. The van der Waals surface area contributed by atoms with E-state index in [2.05, 4.69) is 0 Å². The van der Waals surface area contributed by atoms with Gasteiger partial charge in [0.2, 0.25) is 0 Å². The molecule has 1 rings (SSSR count). The Morgan fingerprint density at radius 1 is 1.53 bits per heavy atom. The van der Waals surface area contributed by atoms with Crippen molar-refractivity contribution in [1.82, 2.24) is 0 Å². The molecule has 17 heavy (non-hydrogen) atoms. The molecular formula is C11H13FO4S. The summed E-state index contributed by atoms with van der Waals surface area (Å²) in [6, 6.07) is 3.28. The van der Waals surface area contributed by atoms with Gasteiger partial charge in [-0.15, -0.1) is 0 Å². The van der Waals surface area contributed by atoms with Crippen molar-refractivity contribution in [3.63, 3.8) is 0 Å². The number of carbonyl (C=O) groups is 1. The van der Waals surface area contributed by atoms with Crippen LogP contribution in [-0.2, 0) is 15.5 Å². The number of carboxylic acids is 1. The van der Waals surface area contributed by atoms with Gasteiger partial charge in [-0.1, -0.05) is 0 Å². The lowest BCUT2D eigenvalue weighted by Gasteiger charge is -2.04. The molecule has 0 fully saturated rings. The zero-order chi connectivity index (χ0) is 12.8. The van der Waals surface area contributed by atoms with Crippen molar-refractivity contribution in [3.05, 3.63) is 29.6 Å². The highest BCUT2D eigenvalue weighted by Gasteiger charge is 2.13. The van der Waals surface area contributed by atoms with Crippen LogP contribution >= 0.6 is 0 Å². The molecule has 0 aliphatic rings. The number of hydrogen-bond acceptors (Lipinski definition) is 3. The molecule has 0 aliphatic carbocycles. The summed E-state index contributed by atoms with van der Waals surface area (Å²) in [5.74, 6) is -1.57. The van der Waals surface area contributed by atoms with E-state index in [1.54, 1.807) is 0 Å². The number of carboxylic acid groups (broad SMARTS) is 1. The Balaban J connectivity index is 2.84. The minimum atomic E-state index is -1.54. The Bertz CT molecular complexity index is 433. The highest BCUT2D eigenvalue weighted by atomic mass is 32.2. The predicted octanol–water partition coefficient (Wildman–Crippen LogP) is 1.67. The molecule has 1 aromatic carbocycles. The zero-order valence-corrected chi connectivity index (χ0v) is 10.1. The summed E-state index contributed by atoms with van der Waals surface area (Å²) in [6.45, 7) is 0.436. The molecule has 94 valence electrons. The van der Waals surface area contributed by atoms with Gasteiger partial charge in [-0.25, -0.2) is 9.18 Å². The van der Waals surface area contributed by atoms with E-state index in [4.69, 9.17) is 9.84 Å². The summed E-state index contributed by atoms with van der Waals surface area (Å²) in [5.41, 5.74) is -0.0681. The Hall–Kier alpha value is -1.27. The Kier molecular flexibility index (Phi) is 5.24. The fourth-order valence-electron chi connectivity index (χ4n) is 1.26. The molecule has 0 spiro atoms. The van der Waals surface area contributed by atoms with Gasteiger partial charge in [0.1, 0.15) is 5.82 Å². The van der Waals surface area contributed by atoms with E-state index in [9.17, 15) is 13.4 Å². The Labute approximate surface area is 101 Å². The first-order chi connectivity index (χ1) is 8.06. The standard InChI is InChI=1S/C11H13FO4S/c1-16-5-2-6-17(15)10-7-8(11(13)14)3-4-9(10)12/h3-4,7H,2,5-6H2,1H3,(H,13,14). The molecule has 0 aliphatic heterocycles. The van der Waals surface area contributed by atoms with Crippen LogP contribution in [0, 0.1) is 5.82 Å². The van der Waals surface area contributed by atoms with Crippen LogP contribution in [0.3, 0.4) is 0 Å². The van der Waals surface area contributed by atoms with E-state index in [1.807, 2.05) is 0 Å². The maximum absolute atomic E-state index is 13.4. The molecule has 0 radical (unpaired) electrons. The molecule has 0 amide bonds. The van der Waals surface area contributed by atoms with Crippen LogP contribution in [0.25, 0.3) is 0 Å². The van der Waals surface area contributed by atoms with Crippen molar-refractivity contribution in [2.75, 3.05) is 19.5 Å². The van der Waals surface area contributed by atoms with E-state index in [1.165, 1.54) is 7.11 Å². The monoisotopic (exact) mass is 260 g/mol. The molecule has 0 saturated heterocycles. The molecule has 1 atom stereocenters. The zero-order valence-electron chi connectivity index (χ0n) is 9.31. The summed E-state index contributed by atoms with van der Waals surface area (Å²) in [4.78, 5) is 10.6. The van der Waals surface area contributed by atoms with Crippen molar-refractivity contribution in [2.45, 2.75) is 11.3 Å². The lowest BCUT2D eigenvalue weighted by atomic mass is 10.2. The normalized spacial score (nSPS) is 12.4. The molecule has 0 bridgehead atoms. The number of aromatic carboxylic acids is 1. The summed E-state index contributed by atoms with van der Waals surface area (Å²) in [7, 11) is -0.0192. The van der Waals surface area contributed by atoms with Gasteiger partial charge in [-0.05, 0) is 24.6 Å². The van der Waals surface area contributed by atoms with Gasteiger partial charge in [0.15, 0.2) is 0 Å². The molecule has 1 N–H and O–H groups in total. The third-order valence-electron chi connectivity index (χ3n) is 2.10. The van der Waals surface area contributed by atoms with Crippen molar-refractivity contribution in [3.8, 4) is 0 Å². The van der Waals surface area contributed by atoms with E-state index in [0.717, 1.165) is 18.2 Å². The first-order valence-electron chi connectivity index (χ1n) is 4.96. The van der Waals surface area contributed by atoms with Crippen molar-refractivity contribution >= 4 is 16.8 Å². The molecule has 4 nitrogen and oxygen atoms in total. The van der Waals surface area contributed by atoms with Crippen LogP contribution in [0.5, 0.6) is 0 Å². The lowest BCUT2D eigenvalue weighted by Crippen LogP contribution is -2.06. The predicted molar refractivity (Wildman–Crippen MR) is 61.1 cm³/mol. The summed E-state index contributed by atoms with van der Waals surface area (Å²) >= 11 is 0. The van der Waals surface area contributed by atoms with E-state index >= 15 is 0 Å². The van der Waals surface area contributed by atoms with Gasteiger partial charge in [-0.3, -0.25) is 4.21 Å². The highest BCUT2D eigenvalue weighted by molar-refractivity contribution is 7.85. The molecule has 0 heterocycles. The topological polar surface area (TPSA) is 63.6 Å². The quantitative estimate of drug-likeness (QED) is 0.790. The van der Waals surface area contributed by atoms with E-state index in [0.29, 0.717) is 13.0 Å². The maximum Gasteiger partial charge on any atom is 0.335 e. The Morgan fingerprint density at radius 2 is 2.24 bits per heavy atom. The molecule has 0 aromatic heterocycles. The number of hydrogen-bond donors (Lipinski definition) is 1. The van der Waals surface area contributed by atoms with Gasteiger partial charge in [-0.2, -0.15) is 0 Å². The number of halogens is 1. The second-order valence-electron chi connectivity index (χ2n) is 3.35. The van der Waals surface area contributed by atoms with Gasteiger partial charge in [0.05, 0.1) is 21.3 Å². The van der Waals surface area contributed by atoms with Gasteiger partial charge in [0.25, 0.3) is 0 Å². The SMILES string of the molecule is COCCCS(=O)c1cc(C(=O)O)ccc1F. The van der Waals surface area contributed by atoms with Gasteiger partial charge < -0.3 is 9.84 Å². The van der Waals surface area contributed by atoms with Gasteiger partial charge in [0, 0.05) is 19.5 Å². The van der Waals surface area contributed by atoms with Crippen LogP contribution < -0.4 is 0 Å². The smallest absolute Gasteiger partial charge is 0.335 e. The first-order valence-corrected chi connectivity index (χ1v) is 6.28. The summed E-state index contributed by atoms with van der Waals surface area (Å²) < 4.78 is 29.9. The fraction of sp³-hybridized carbons (Fsp3) is 0.364. The van der Waals surface area contributed by atoms with Crippen molar-refractivity contribution < 1.29 is 23.2 Å². The van der Waals surface area contributed by atoms with Gasteiger partial charge >= 0.3 is 5.97 Å². The number of benzene rings is 1. The Morgan fingerprint density at radius 3 is 2.82 bits per heavy atom. The van der Waals surface area contributed by atoms with Crippen LogP contribution in [-0.4, -0.2) is 34.8 Å². The summed E-state index contributed by atoms with van der Waals surface area (Å²) in [5, 5.41) is 8.75. The average molecular weight is 260 g/mol. The first kappa shape index (κ1) is 13.8. The van der Waals surface area contributed by atoms with Crippen molar-refractivity contribution in [1.29, 1.82) is 0 Å². The molecule has 6 heteroatoms. The molecule has 0 saturated carbocycles. The van der Waals surface area contributed by atoms with Crippen LogP contribution in [0.1, 0.15) is 16.8 Å². The largest absolute Gasteiger partial charge is 0.478 e. The molecule has 1 aromatic rings.